The Morgan fingerprint density at radius 3 is 2.35 bits per heavy atom. The average molecular weight is 319 g/mol. The van der Waals surface area contributed by atoms with E-state index in [4.69, 9.17) is 9.84 Å². The Bertz CT molecular complexity index is 591. The van der Waals surface area contributed by atoms with Gasteiger partial charge in [-0.3, -0.25) is 4.79 Å². The molecule has 1 aromatic carbocycles. The minimum absolute atomic E-state index is 0.163. The number of rotatable bonds is 4. The lowest BCUT2D eigenvalue weighted by atomic mass is 9.80. The molecule has 1 aliphatic rings. The summed E-state index contributed by atoms with van der Waals surface area (Å²) in [5, 5.41) is 12.0. The summed E-state index contributed by atoms with van der Waals surface area (Å²) in [4.78, 5) is 23.5. The van der Waals surface area contributed by atoms with Crippen LogP contribution in [-0.2, 0) is 14.3 Å². The third kappa shape index (κ3) is 4.10. The lowest BCUT2D eigenvalue weighted by Crippen LogP contribution is -2.42. The highest BCUT2D eigenvalue weighted by atomic mass is 16.5. The Kier molecular flexibility index (Phi) is 5.09. The molecule has 23 heavy (non-hydrogen) atoms. The fraction of sp³-hybridized carbons (Fsp3) is 0.556. The van der Waals surface area contributed by atoms with E-state index in [1.54, 1.807) is 0 Å². The maximum atomic E-state index is 12.5. The molecule has 1 amide bonds. The van der Waals surface area contributed by atoms with Crippen LogP contribution in [0.3, 0.4) is 0 Å². The first-order valence-corrected chi connectivity index (χ1v) is 7.94. The molecule has 0 radical (unpaired) electrons. The fourth-order valence-corrected chi connectivity index (χ4v) is 2.92. The van der Waals surface area contributed by atoms with Crippen molar-refractivity contribution in [2.75, 3.05) is 0 Å². The summed E-state index contributed by atoms with van der Waals surface area (Å²) in [6.45, 7) is 8.23. The lowest BCUT2D eigenvalue weighted by molar-refractivity contribution is -0.152. The van der Waals surface area contributed by atoms with Gasteiger partial charge in [0.15, 0.2) is 6.10 Å². The van der Waals surface area contributed by atoms with Gasteiger partial charge in [0, 0.05) is 0 Å². The molecule has 1 saturated heterocycles. The zero-order chi connectivity index (χ0) is 17.2. The number of carboxylic acids is 1. The van der Waals surface area contributed by atoms with Gasteiger partial charge in [0.2, 0.25) is 5.91 Å². The van der Waals surface area contributed by atoms with Crippen LogP contribution < -0.4 is 5.32 Å². The first kappa shape index (κ1) is 17.5. The summed E-state index contributed by atoms with van der Waals surface area (Å²) >= 11 is 0. The van der Waals surface area contributed by atoms with Gasteiger partial charge in [-0.1, -0.05) is 45.0 Å². The Morgan fingerprint density at radius 1 is 1.22 bits per heavy atom. The predicted molar refractivity (Wildman–Crippen MR) is 87.0 cm³/mol. The van der Waals surface area contributed by atoms with Crippen molar-refractivity contribution >= 4 is 11.9 Å². The molecule has 2 N–H and O–H groups in total. The average Bonchev–Trinajstić information content (AvgIpc) is 2.94. The molecule has 1 fully saturated rings. The van der Waals surface area contributed by atoms with E-state index in [-0.39, 0.29) is 17.4 Å². The Balaban J connectivity index is 2.15. The summed E-state index contributed by atoms with van der Waals surface area (Å²) < 4.78 is 5.35. The highest BCUT2D eigenvalue weighted by molar-refractivity contribution is 5.83. The van der Waals surface area contributed by atoms with Gasteiger partial charge in [-0.05, 0) is 36.3 Å². The first-order chi connectivity index (χ1) is 10.7. The number of benzene rings is 1. The monoisotopic (exact) mass is 319 g/mol. The normalized spacial score (nSPS) is 22.6. The number of nitrogens with one attached hydrogen (secondary N) is 1. The van der Waals surface area contributed by atoms with Crippen molar-refractivity contribution in [3.05, 3.63) is 35.4 Å². The molecule has 1 aromatic rings. The second-order valence-electron chi connectivity index (χ2n) is 7.19. The molecule has 1 heterocycles. The third-order valence-electron chi connectivity index (χ3n) is 4.24. The minimum atomic E-state index is -1.01. The summed E-state index contributed by atoms with van der Waals surface area (Å²) in [6.07, 6.45) is -0.756. The zero-order valence-electron chi connectivity index (χ0n) is 14.1. The van der Waals surface area contributed by atoms with Crippen molar-refractivity contribution < 1.29 is 19.4 Å². The van der Waals surface area contributed by atoms with Gasteiger partial charge in [-0.25, -0.2) is 4.79 Å². The number of carboxylic acid groups (broad SMARTS) is 1. The molecule has 0 saturated carbocycles. The standard InChI is InChI=1S/C18H25NO4/c1-11-7-5-6-8-12(11)15(18(2,3)4)19-16(20)13-9-10-14(23-13)17(21)22/h5-8,13-15H,9-10H2,1-4H3,(H,19,20)(H,21,22)/t13-,14+,15?/m0/s1. The molecular weight excluding hydrogens is 294 g/mol. The number of hydrogen-bond acceptors (Lipinski definition) is 3. The van der Waals surface area contributed by atoms with Crippen molar-refractivity contribution in [2.24, 2.45) is 5.41 Å². The smallest absolute Gasteiger partial charge is 0.332 e. The molecule has 2 rings (SSSR count). The van der Waals surface area contributed by atoms with Crippen LogP contribution in [-0.4, -0.2) is 29.2 Å². The van der Waals surface area contributed by atoms with Gasteiger partial charge in [0.25, 0.3) is 0 Å². The highest BCUT2D eigenvalue weighted by Gasteiger charge is 2.37. The van der Waals surface area contributed by atoms with Gasteiger partial charge in [-0.2, -0.15) is 0 Å². The van der Waals surface area contributed by atoms with Crippen molar-refractivity contribution in [1.82, 2.24) is 5.32 Å². The van der Waals surface area contributed by atoms with E-state index in [1.165, 1.54) is 0 Å². The second kappa shape index (κ2) is 6.71. The van der Waals surface area contributed by atoms with E-state index in [1.807, 2.05) is 31.2 Å². The maximum absolute atomic E-state index is 12.5. The SMILES string of the molecule is Cc1ccccc1C(NC(=O)[C@@H]1CC[C@H](C(=O)O)O1)C(C)(C)C. The molecule has 5 nitrogen and oxygen atoms in total. The summed E-state index contributed by atoms with van der Waals surface area (Å²) in [5.41, 5.74) is 2.01. The molecule has 0 spiro atoms. The van der Waals surface area contributed by atoms with Crippen molar-refractivity contribution in [3.63, 3.8) is 0 Å². The van der Waals surface area contributed by atoms with Crippen LogP contribution in [0.5, 0.6) is 0 Å². The van der Waals surface area contributed by atoms with Crippen molar-refractivity contribution in [2.45, 2.75) is 58.8 Å². The number of carbonyl (C=O) groups excluding carboxylic acids is 1. The molecule has 1 unspecified atom stereocenters. The van der Waals surface area contributed by atoms with E-state index in [0.717, 1.165) is 11.1 Å². The molecule has 5 heteroatoms. The van der Waals surface area contributed by atoms with Crippen molar-refractivity contribution in [1.29, 1.82) is 0 Å². The second-order valence-corrected chi connectivity index (χ2v) is 7.19. The van der Waals surface area contributed by atoms with Crippen LogP contribution in [0.1, 0.15) is 50.8 Å². The summed E-state index contributed by atoms with van der Waals surface area (Å²) in [5.74, 6) is -1.25. The maximum Gasteiger partial charge on any atom is 0.332 e. The van der Waals surface area contributed by atoms with Crippen LogP contribution in [0.2, 0.25) is 0 Å². The summed E-state index contributed by atoms with van der Waals surface area (Å²) in [7, 11) is 0. The topological polar surface area (TPSA) is 75.6 Å². The number of carbonyl (C=O) groups is 2. The van der Waals surface area contributed by atoms with Gasteiger partial charge < -0.3 is 15.2 Å². The van der Waals surface area contributed by atoms with Gasteiger partial charge in [-0.15, -0.1) is 0 Å². The van der Waals surface area contributed by atoms with E-state index in [9.17, 15) is 9.59 Å². The van der Waals surface area contributed by atoms with Crippen LogP contribution in [0, 0.1) is 12.3 Å². The largest absolute Gasteiger partial charge is 0.479 e. The fourth-order valence-electron chi connectivity index (χ4n) is 2.92. The summed E-state index contributed by atoms with van der Waals surface area (Å²) in [6, 6.07) is 7.80. The Morgan fingerprint density at radius 2 is 1.83 bits per heavy atom. The molecule has 0 aromatic heterocycles. The van der Waals surface area contributed by atoms with E-state index in [0.29, 0.717) is 12.8 Å². The van der Waals surface area contributed by atoms with E-state index in [2.05, 4.69) is 26.1 Å². The quantitative estimate of drug-likeness (QED) is 0.895. The Hall–Kier alpha value is -1.88. The van der Waals surface area contributed by atoms with E-state index < -0.39 is 18.2 Å². The van der Waals surface area contributed by atoms with Gasteiger partial charge >= 0.3 is 5.97 Å². The minimum Gasteiger partial charge on any atom is -0.479 e. The van der Waals surface area contributed by atoms with Crippen LogP contribution in [0.15, 0.2) is 24.3 Å². The molecule has 1 aliphatic heterocycles. The third-order valence-corrected chi connectivity index (χ3v) is 4.24. The predicted octanol–water partition coefficient (Wildman–Crippen LogP) is 2.83. The van der Waals surface area contributed by atoms with Crippen molar-refractivity contribution in [3.8, 4) is 0 Å². The molecule has 0 bridgehead atoms. The lowest BCUT2D eigenvalue weighted by Gasteiger charge is -2.33. The van der Waals surface area contributed by atoms with E-state index >= 15 is 0 Å². The van der Waals surface area contributed by atoms with Gasteiger partial charge in [0.05, 0.1) is 6.04 Å². The zero-order valence-corrected chi connectivity index (χ0v) is 14.1. The van der Waals surface area contributed by atoms with Crippen LogP contribution in [0.25, 0.3) is 0 Å². The Labute approximate surface area is 137 Å². The number of aliphatic carboxylic acids is 1. The van der Waals surface area contributed by atoms with Crippen LogP contribution in [0.4, 0.5) is 0 Å². The first-order valence-electron chi connectivity index (χ1n) is 7.94. The van der Waals surface area contributed by atoms with Gasteiger partial charge in [0.1, 0.15) is 6.10 Å². The number of amides is 1. The molecule has 0 aliphatic carbocycles. The van der Waals surface area contributed by atoms with Crippen LogP contribution >= 0.6 is 0 Å². The molecule has 3 atom stereocenters. The number of hydrogen-bond donors (Lipinski definition) is 2. The molecular formula is C18H25NO4. The molecule has 126 valence electrons. The number of aryl methyl sites for hydroxylation is 1. The number of ether oxygens (including phenoxy) is 1. The highest BCUT2D eigenvalue weighted by Crippen LogP contribution is 2.35.